The lowest BCUT2D eigenvalue weighted by Crippen LogP contribution is -2.42. The van der Waals surface area contributed by atoms with Crippen LogP contribution in [0.2, 0.25) is 0 Å². The molecule has 0 radical (unpaired) electrons. The molecule has 0 bridgehead atoms. The molecule has 2 atom stereocenters. The summed E-state index contributed by atoms with van der Waals surface area (Å²) in [5.41, 5.74) is 0.989. The highest BCUT2D eigenvalue weighted by molar-refractivity contribution is 5.76. The van der Waals surface area contributed by atoms with Crippen LogP contribution in [0.4, 0.5) is 0 Å². The maximum Gasteiger partial charge on any atom is 0.323 e. The standard InChI is InChI=1S/C16H25NO4/c1-6-11(2)15(16(18)21-5)17-10-12-7-13(19-3)9-14(8-12)20-4/h7-9,11,15,17H,6,10H2,1-5H3. The van der Waals surface area contributed by atoms with Crippen LogP contribution in [0.5, 0.6) is 11.5 Å². The van der Waals surface area contributed by atoms with Crippen LogP contribution in [0.15, 0.2) is 18.2 Å². The van der Waals surface area contributed by atoms with E-state index < -0.39 is 0 Å². The molecular weight excluding hydrogens is 270 g/mol. The molecule has 0 saturated carbocycles. The van der Waals surface area contributed by atoms with Crippen LogP contribution in [-0.4, -0.2) is 33.3 Å². The molecule has 1 aromatic carbocycles. The van der Waals surface area contributed by atoms with Crippen molar-refractivity contribution >= 4 is 5.97 Å². The summed E-state index contributed by atoms with van der Waals surface area (Å²) in [6.07, 6.45) is 0.897. The van der Waals surface area contributed by atoms with Gasteiger partial charge in [0.2, 0.25) is 0 Å². The van der Waals surface area contributed by atoms with Gasteiger partial charge in [-0.2, -0.15) is 0 Å². The Labute approximate surface area is 126 Å². The summed E-state index contributed by atoms with van der Waals surface area (Å²) in [4.78, 5) is 11.8. The lowest BCUT2D eigenvalue weighted by molar-refractivity contribution is -0.144. The molecule has 0 aliphatic rings. The van der Waals surface area contributed by atoms with Gasteiger partial charge in [0.1, 0.15) is 17.5 Å². The number of rotatable bonds is 8. The number of methoxy groups -OCH3 is 3. The summed E-state index contributed by atoms with van der Waals surface area (Å²) in [6, 6.07) is 5.33. The van der Waals surface area contributed by atoms with Gasteiger partial charge in [-0.25, -0.2) is 0 Å². The van der Waals surface area contributed by atoms with Crippen molar-refractivity contribution in [2.45, 2.75) is 32.9 Å². The van der Waals surface area contributed by atoms with E-state index in [2.05, 4.69) is 12.2 Å². The Balaban J connectivity index is 2.81. The van der Waals surface area contributed by atoms with Crippen molar-refractivity contribution in [3.05, 3.63) is 23.8 Å². The van der Waals surface area contributed by atoms with Crippen LogP contribution < -0.4 is 14.8 Å². The summed E-state index contributed by atoms with van der Waals surface area (Å²) < 4.78 is 15.3. The molecule has 0 amide bonds. The lowest BCUT2D eigenvalue weighted by Gasteiger charge is -2.22. The Morgan fingerprint density at radius 3 is 2.14 bits per heavy atom. The summed E-state index contributed by atoms with van der Waals surface area (Å²) in [6.45, 7) is 4.62. The SMILES string of the molecule is CCC(C)C(NCc1cc(OC)cc(OC)c1)C(=O)OC. The summed E-state index contributed by atoms with van der Waals surface area (Å²) in [5.74, 6) is 1.41. The summed E-state index contributed by atoms with van der Waals surface area (Å²) >= 11 is 0. The van der Waals surface area contributed by atoms with E-state index in [0.29, 0.717) is 6.54 Å². The van der Waals surface area contributed by atoms with E-state index >= 15 is 0 Å². The van der Waals surface area contributed by atoms with Gasteiger partial charge in [-0.05, 0) is 23.6 Å². The van der Waals surface area contributed by atoms with Crippen molar-refractivity contribution in [3.8, 4) is 11.5 Å². The molecule has 1 rings (SSSR count). The number of carbonyl (C=O) groups excluding carboxylic acids is 1. The normalized spacial score (nSPS) is 13.4. The van der Waals surface area contributed by atoms with E-state index in [4.69, 9.17) is 14.2 Å². The molecule has 1 N–H and O–H groups in total. The number of hydrogen-bond donors (Lipinski definition) is 1. The first-order valence-corrected chi connectivity index (χ1v) is 7.08. The Morgan fingerprint density at radius 1 is 1.14 bits per heavy atom. The number of benzene rings is 1. The molecule has 0 aliphatic heterocycles. The maximum absolute atomic E-state index is 11.8. The predicted molar refractivity (Wildman–Crippen MR) is 81.6 cm³/mol. The van der Waals surface area contributed by atoms with Crippen molar-refractivity contribution in [2.24, 2.45) is 5.92 Å². The number of carbonyl (C=O) groups is 1. The van der Waals surface area contributed by atoms with Gasteiger partial charge in [-0.3, -0.25) is 4.79 Å². The number of esters is 1. The van der Waals surface area contributed by atoms with Crippen LogP contribution >= 0.6 is 0 Å². The monoisotopic (exact) mass is 295 g/mol. The molecule has 21 heavy (non-hydrogen) atoms. The average Bonchev–Trinajstić information content (AvgIpc) is 2.53. The van der Waals surface area contributed by atoms with Crippen molar-refractivity contribution in [1.82, 2.24) is 5.32 Å². The molecule has 0 aromatic heterocycles. The van der Waals surface area contributed by atoms with E-state index in [1.807, 2.05) is 25.1 Å². The molecule has 5 nitrogen and oxygen atoms in total. The van der Waals surface area contributed by atoms with Crippen molar-refractivity contribution in [1.29, 1.82) is 0 Å². The second kappa shape index (κ2) is 8.52. The molecule has 0 heterocycles. The van der Waals surface area contributed by atoms with Gasteiger partial charge in [-0.1, -0.05) is 20.3 Å². The van der Waals surface area contributed by atoms with Gasteiger partial charge >= 0.3 is 5.97 Å². The van der Waals surface area contributed by atoms with Gasteiger partial charge < -0.3 is 19.5 Å². The molecule has 0 saturated heterocycles. The van der Waals surface area contributed by atoms with Gasteiger partial charge in [-0.15, -0.1) is 0 Å². The number of nitrogens with one attached hydrogen (secondary N) is 1. The average molecular weight is 295 g/mol. The smallest absolute Gasteiger partial charge is 0.323 e. The Hall–Kier alpha value is -1.75. The Kier molecular flexibility index (Phi) is 7.02. The minimum Gasteiger partial charge on any atom is -0.497 e. The third-order valence-corrected chi connectivity index (χ3v) is 3.61. The largest absolute Gasteiger partial charge is 0.497 e. The minimum atomic E-state index is -0.322. The molecule has 5 heteroatoms. The van der Waals surface area contributed by atoms with Crippen molar-refractivity contribution < 1.29 is 19.0 Å². The summed E-state index contributed by atoms with van der Waals surface area (Å²) in [5, 5.41) is 3.25. The third kappa shape index (κ3) is 4.93. The highest BCUT2D eigenvalue weighted by atomic mass is 16.5. The maximum atomic E-state index is 11.8. The molecule has 118 valence electrons. The van der Waals surface area contributed by atoms with E-state index in [-0.39, 0.29) is 17.9 Å². The number of hydrogen-bond acceptors (Lipinski definition) is 5. The Bertz CT molecular complexity index is 439. The van der Waals surface area contributed by atoms with Crippen LogP contribution in [-0.2, 0) is 16.1 Å². The van der Waals surface area contributed by atoms with E-state index in [1.54, 1.807) is 14.2 Å². The molecule has 1 aromatic rings. The van der Waals surface area contributed by atoms with E-state index in [1.165, 1.54) is 7.11 Å². The van der Waals surface area contributed by atoms with E-state index in [9.17, 15) is 4.79 Å². The zero-order valence-electron chi connectivity index (χ0n) is 13.4. The first kappa shape index (κ1) is 17.3. The highest BCUT2D eigenvalue weighted by Crippen LogP contribution is 2.22. The fraction of sp³-hybridized carbons (Fsp3) is 0.562. The first-order chi connectivity index (χ1) is 10.0. The predicted octanol–water partition coefficient (Wildman–Crippen LogP) is 2.38. The molecule has 2 unspecified atom stereocenters. The lowest BCUT2D eigenvalue weighted by atomic mass is 9.99. The third-order valence-electron chi connectivity index (χ3n) is 3.61. The fourth-order valence-electron chi connectivity index (χ4n) is 2.08. The van der Waals surface area contributed by atoms with Gasteiger partial charge in [0.25, 0.3) is 0 Å². The number of ether oxygens (including phenoxy) is 3. The first-order valence-electron chi connectivity index (χ1n) is 7.08. The van der Waals surface area contributed by atoms with Gasteiger partial charge in [0.05, 0.1) is 21.3 Å². The quantitative estimate of drug-likeness (QED) is 0.746. The highest BCUT2D eigenvalue weighted by Gasteiger charge is 2.24. The van der Waals surface area contributed by atoms with Crippen LogP contribution in [0, 0.1) is 5.92 Å². The fourth-order valence-corrected chi connectivity index (χ4v) is 2.08. The van der Waals surface area contributed by atoms with Crippen molar-refractivity contribution in [2.75, 3.05) is 21.3 Å². The van der Waals surface area contributed by atoms with Crippen LogP contribution in [0.3, 0.4) is 0 Å². The van der Waals surface area contributed by atoms with Gasteiger partial charge in [0, 0.05) is 12.6 Å². The zero-order valence-corrected chi connectivity index (χ0v) is 13.4. The van der Waals surface area contributed by atoms with E-state index in [0.717, 1.165) is 23.5 Å². The molecule has 0 fully saturated rings. The molecular formula is C16H25NO4. The molecule has 0 spiro atoms. The topological polar surface area (TPSA) is 56.8 Å². The molecule has 0 aliphatic carbocycles. The van der Waals surface area contributed by atoms with Crippen LogP contribution in [0.25, 0.3) is 0 Å². The van der Waals surface area contributed by atoms with Crippen LogP contribution in [0.1, 0.15) is 25.8 Å². The minimum absolute atomic E-state index is 0.199. The Morgan fingerprint density at radius 2 is 1.71 bits per heavy atom. The second-order valence-corrected chi connectivity index (χ2v) is 4.99. The zero-order chi connectivity index (χ0) is 15.8. The van der Waals surface area contributed by atoms with Gasteiger partial charge in [0.15, 0.2) is 0 Å². The summed E-state index contributed by atoms with van der Waals surface area (Å²) in [7, 11) is 4.64. The van der Waals surface area contributed by atoms with Crippen molar-refractivity contribution in [3.63, 3.8) is 0 Å². The second-order valence-electron chi connectivity index (χ2n) is 4.99.